The second-order valence-electron chi connectivity index (χ2n) is 4.03. The smallest absolute Gasteiger partial charge is 0.251 e. The molecular weight excluding hydrogens is 190 g/mol. The second kappa shape index (κ2) is 4.01. The Morgan fingerprint density at radius 2 is 2.27 bits per heavy atom. The predicted molar refractivity (Wildman–Crippen MR) is 57.0 cm³/mol. The van der Waals surface area contributed by atoms with Gasteiger partial charge in [0.15, 0.2) is 0 Å². The molecule has 3 heteroatoms. The van der Waals surface area contributed by atoms with E-state index in [0.29, 0.717) is 24.7 Å². The highest BCUT2D eigenvalue weighted by molar-refractivity contribution is 5.93. The zero-order valence-corrected chi connectivity index (χ0v) is 8.90. The van der Waals surface area contributed by atoms with Gasteiger partial charge in [0.1, 0.15) is 5.78 Å². The molecule has 0 radical (unpaired) electrons. The maximum Gasteiger partial charge on any atom is 0.251 e. The number of ketones is 1. The van der Waals surface area contributed by atoms with Crippen LogP contribution in [0.1, 0.15) is 26.2 Å². The molecule has 2 rings (SSSR count). The van der Waals surface area contributed by atoms with Crippen LogP contribution in [0.15, 0.2) is 23.9 Å². The summed E-state index contributed by atoms with van der Waals surface area (Å²) in [7, 11) is 0. The van der Waals surface area contributed by atoms with E-state index in [0.717, 1.165) is 18.5 Å². The fraction of sp³-hybridized carbons (Fsp3) is 0.500. The summed E-state index contributed by atoms with van der Waals surface area (Å²) in [4.78, 5) is 24.6. The van der Waals surface area contributed by atoms with Crippen LogP contribution in [-0.2, 0) is 9.59 Å². The van der Waals surface area contributed by atoms with E-state index in [2.05, 4.69) is 0 Å². The topological polar surface area (TPSA) is 37.4 Å². The van der Waals surface area contributed by atoms with E-state index in [9.17, 15) is 9.59 Å². The van der Waals surface area contributed by atoms with Gasteiger partial charge in [-0.3, -0.25) is 9.59 Å². The Hall–Kier alpha value is -1.38. The SMILES string of the molecule is C/C=C1/C=CC(=O)N1CCC(=O)C1CC1. The van der Waals surface area contributed by atoms with Crippen LogP contribution < -0.4 is 0 Å². The van der Waals surface area contributed by atoms with Crippen molar-refractivity contribution in [3.63, 3.8) is 0 Å². The van der Waals surface area contributed by atoms with Gasteiger partial charge < -0.3 is 4.90 Å². The van der Waals surface area contributed by atoms with Gasteiger partial charge in [-0.2, -0.15) is 0 Å². The van der Waals surface area contributed by atoms with E-state index in [4.69, 9.17) is 0 Å². The monoisotopic (exact) mass is 205 g/mol. The molecule has 1 heterocycles. The van der Waals surface area contributed by atoms with Crippen LogP contribution in [0.5, 0.6) is 0 Å². The van der Waals surface area contributed by atoms with Gasteiger partial charge in [-0.05, 0) is 25.8 Å². The largest absolute Gasteiger partial charge is 0.309 e. The molecule has 0 N–H and O–H groups in total. The Labute approximate surface area is 89.4 Å². The zero-order chi connectivity index (χ0) is 10.8. The summed E-state index contributed by atoms with van der Waals surface area (Å²) in [6, 6.07) is 0. The molecule has 3 nitrogen and oxygen atoms in total. The minimum atomic E-state index is -0.00769. The minimum Gasteiger partial charge on any atom is -0.309 e. The van der Waals surface area contributed by atoms with Gasteiger partial charge in [0.25, 0.3) is 5.91 Å². The normalized spacial score (nSPS) is 22.9. The van der Waals surface area contributed by atoms with Crippen molar-refractivity contribution in [1.29, 1.82) is 0 Å². The summed E-state index contributed by atoms with van der Waals surface area (Å²) >= 11 is 0. The molecule has 1 fully saturated rings. The van der Waals surface area contributed by atoms with Crippen LogP contribution in [0.25, 0.3) is 0 Å². The Morgan fingerprint density at radius 3 is 2.87 bits per heavy atom. The first-order chi connectivity index (χ1) is 7.22. The Bertz CT molecular complexity index is 351. The lowest BCUT2D eigenvalue weighted by atomic mass is 10.2. The van der Waals surface area contributed by atoms with E-state index in [1.54, 1.807) is 17.1 Å². The molecule has 0 spiro atoms. The van der Waals surface area contributed by atoms with E-state index in [-0.39, 0.29) is 5.91 Å². The molecule has 80 valence electrons. The summed E-state index contributed by atoms with van der Waals surface area (Å²) in [5.41, 5.74) is 0.906. The molecular formula is C12H15NO2. The maximum absolute atomic E-state index is 11.5. The zero-order valence-electron chi connectivity index (χ0n) is 8.90. The fourth-order valence-electron chi connectivity index (χ4n) is 1.79. The fourth-order valence-corrected chi connectivity index (χ4v) is 1.79. The molecule has 1 saturated carbocycles. The van der Waals surface area contributed by atoms with Crippen molar-refractivity contribution >= 4 is 11.7 Å². The average Bonchev–Trinajstić information content (AvgIpc) is 3.01. The summed E-state index contributed by atoms with van der Waals surface area (Å²) in [5, 5.41) is 0. The summed E-state index contributed by atoms with van der Waals surface area (Å²) < 4.78 is 0. The first-order valence-corrected chi connectivity index (χ1v) is 5.41. The summed E-state index contributed by atoms with van der Waals surface area (Å²) in [5.74, 6) is 0.599. The van der Waals surface area contributed by atoms with E-state index < -0.39 is 0 Å². The van der Waals surface area contributed by atoms with E-state index in [1.807, 2.05) is 13.0 Å². The van der Waals surface area contributed by atoms with Gasteiger partial charge in [0.2, 0.25) is 0 Å². The van der Waals surface area contributed by atoms with Crippen LogP contribution in [0.3, 0.4) is 0 Å². The number of Topliss-reactive ketones (excluding diaryl/α,β-unsaturated/α-hetero) is 1. The number of carbonyl (C=O) groups excluding carboxylic acids is 2. The van der Waals surface area contributed by atoms with Gasteiger partial charge in [-0.1, -0.05) is 6.08 Å². The molecule has 1 aliphatic carbocycles. The van der Waals surface area contributed by atoms with Crippen LogP contribution in [0, 0.1) is 5.92 Å². The number of hydrogen-bond donors (Lipinski definition) is 0. The lowest BCUT2D eigenvalue weighted by molar-refractivity contribution is -0.124. The molecule has 0 aromatic heterocycles. The van der Waals surface area contributed by atoms with Crippen molar-refractivity contribution in [2.45, 2.75) is 26.2 Å². The van der Waals surface area contributed by atoms with Gasteiger partial charge in [0, 0.05) is 30.7 Å². The van der Waals surface area contributed by atoms with Gasteiger partial charge >= 0.3 is 0 Å². The number of amides is 1. The van der Waals surface area contributed by atoms with Crippen molar-refractivity contribution in [2.24, 2.45) is 5.92 Å². The van der Waals surface area contributed by atoms with Crippen molar-refractivity contribution in [1.82, 2.24) is 4.90 Å². The first kappa shape index (κ1) is 10.1. The molecule has 0 aromatic carbocycles. The lowest BCUT2D eigenvalue weighted by Crippen LogP contribution is -2.27. The number of carbonyl (C=O) groups is 2. The first-order valence-electron chi connectivity index (χ1n) is 5.41. The number of nitrogens with zero attached hydrogens (tertiary/aromatic N) is 1. The third-order valence-corrected chi connectivity index (χ3v) is 2.88. The van der Waals surface area contributed by atoms with Gasteiger partial charge in [-0.15, -0.1) is 0 Å². The molecule has 0 bridgehead atoms. The van der Waals surface area contributed by atoms with Crippen LogP contribution >= 0.6 is 0 Å². The number of rotatable bonds is 4. The van der Waals surface area contributed by atoms with Crippen molar-refractivity contribution < 1.29 is 9.59 Å². The quantitative estimate of drug-likeness (QED) is 0.700. The van der Waals surface area contributed by atoms with Crippen LogP contribution in [0.2, 0.25) is 0 Å². The highest BCUT2D eigenvalue weighted by atomic mass is 16.2. The van der Waals surface area contributed by atoms with Gasteiger partial charge in [0.05, 0.1) is 0 Å². The van der Waals surface area contributed by atoms with Crippen molar-refractivity contribution in [3.05, 3.63) is 23.9 Å². The molecule has 1 amide bonds. The van der Waals surface area contributed by atoms with E-state index >= 15 is 0 Å². The Kier molecular flexibility index (Phi) is 2.71. The summed E-state index contributed by atoms with van der Waals surface area (Å²) in [6.45, 7) is 2.43. The molecule has 0 atom stereocenters. The lowest BCUT2D eigenvalue weighted by Gasteiger charge is -2.17. The predicted octanol–water partition coefficient (Wildman–Crippen LogP) is 1.66. The van der Waals surface area contributed by atoms with Crippen LogP contribution in [-0.4, -0.2) is 23.1 Å². The second-order valence-corrected chi connectivity index (χ2v) is 4.03. The third-order valence-electron chi connectivity index (χ3n) is 2.88. The highest BCUT2D eigenvalue weighted by Gasteiger charge is 2.30. The van der Waals surface area contributed by atoms with Gasteiger partial charge in [-0.25, -0.2) is 0 Å². The van der Waals surface area contributed by atoms with Crippen LogP contribution in [0.4, 0.5) is 0 Å². The summed E-state index contributed by atoms with van der Waals surface area (Å²) in [6.07, 6.45) is 7.82. The van der Waals surface area contributed by atoms with Crippen molar-refractivity contribution in [2.75, 3.05) is 6.54 Å². The molecule has 0 unspecified atom stereocenters. The Morgan fingerprint density at radius 1 is 1.53 bits per heavy atom. The molecule has 15 heavy (non-hydrogen) atoms. The Balaban J connectivity index is 1.88. The number of allylic oxidation sites excluding steroid dienone is 2. The van der Waals surface area contributed by atoms with Crippen molar-refractivity contribution in [3.8, 4) is 0 Å². The molecule has 0 saturated heterocycles. The highest BCUT2D eigenvalue weighted by Crippen LogP contribution is 2.31. The average molecular weight is 205 g/mol. The third kappa shape index (κ3) is 2.17. The number of hydrogen-bond acceptors (Lipinski definition) is 2. The maximum atomic E-state index is 11.5. The molecule has 0 aromatic rings. The van der Waals surface area contributed by atoms with E-state index in [1.165, 1.54) is 0 Å². The molecule has 1 aliphatic heterocycles. The molecule has 2 aliphatic rings. The standard InChI is InChI=1S/C12H15NO2/c1-2-10-5-6-12(15)13(10)8-7-11(14)9-3-4-9/h2,5-6,9H,3-4,7-8H2,1H3/b10-2-. The minimum absolute atomic E-state index is 0.00769.